The summed E-state index contributed by atoms with van der Waals surface area (Å²) in [7, 11) is 0.299. The Bertz CT molecular complexity index is 1350. The number of halogens is 1. The Morgan fingerprint density at radius 1 is 1.00 bits per heavy atom. The molecule has 0 saturated heterocycles. The summed E-state index contributed by atoms with van der Waals surface area (Å²) < 4.78 is 43.7. The van der Waals surface area contributed by atoms with Gasteiger partial charge in [-0.1, -0.05) is 17.7 Å². The molecule has 0 spiro atoms. The zero-order valence-corrected chi connectivity index (χ0v) is 20.4. The molecule has 2 N–H and O–H groups in total. The maximum absolute atomic E-state index is 12.7. The molecule has 3 aromatic carbocycles. The van der Waals surface area contributed by atoms with Crippen LogP contribution in [0.25, 0.3) is 0 Å². The first kappa shape index (κ1) is 25.6. The standard InChI is InChI=1S/C22H21ClN4O7S/c1-32-16-10-21(33-2)18(22(11-16)34-3)13-24-25-19-8-7-17(12-20(19)27(28)29)35(30,31)26-15-6-4-5-14(23)9-15/h4-13,25-26H,1-3H3/b24-13-. The lowest BCUT2D eigenvalue weighted by Crippen LogP contribution is -2.13. The second-order valence-electron chi connectivity index (χ2n) is 6.87. The van der Waals surface area contributed by atoms with Gasteiger partial charge < -0.3 is 14.2 Å². The van der Waals surface area contributed by atoms with Crippen LogP contribution in [0.5, 0.6) is 17.2 Å². The first-order valence-corrected chi connectivity index (χ1v) is 11.7. The minimum Gasteiger partial charge on any atom is -0.496 e. The molecule has 0 heterocycles. The van der Waals surface area contributed by atoms with E-state index in [9.17, 15) is 18.5 Å². The van der Waals surface area contributed by atoms with E-state index in [2.05, 4.69) is 15.2 Å². The molecule has 0 radical (unpaired) electrons. The number of rotatable bonds is 10. The molecule has 0 unspecified atom stereocenters. The maximum Gasteiger partial charge on any atom is 0.295 e. The van der Waals surface area contributed by atoms with E-state index in [4.69, 9.17) is 25.8 Å². The maximum atomic E-state index is 12.7. The summed E-state index contributed by atoms with van der Waals surface area (Å²) in [5, 5.41) is 16.0. The Hall–Kier alpha value is -4.03. The molecule has 0 aromatic heterocycles. The van der Waals surface area contributed by atoms with Gasteiger partial charge in [0.15, 0.2) is 0 Å². The van der Waals surface area contributed by atoms with Crippen LogP contribution in [-0.2, 0) is 10.0 Å². The molecule has 0 aliphatic heterocycles. The smallest absolute Gasteiger partial charge is 0.295 e. The SMILES string of the molecule is COc1cc(OC)c(/C=N\Nc2ccc(S(=O)(=O)Nc3cccc(Cl)c3)cc2[N+](=O)[O-])c(OC)c1. The fraction of sp³-hybridized carbons (Fsp3) is 0.136. The van der Waals surface area contributed by atoms with Crippen molar-refractivity contribution in [3.05, 3.63) is 75.3 Å². The number of nitro groups is 1. The molecular formula is C22H21ClN4O7S. The number of nitro benzene ring substituents is 1. The van der Waals surface area contributed by atoms with Crippen molar-refractivity contribution in [3.63, 3.8) is 0 Å². The second-order valence-corrected chi connectivity index (χ2v) is 8.99. The van der Waals surface area contributed by atoms with Crippen LogP contribution in [0.2, 0.25) is 5.02 Å². The monoisotopic (exact) mass is 520 g/mol. The van der Waals surface area contributed by atoms with Crippen LogP contribution in [0.3, 0.4) is 0 Å². The molecule has 0 bridgehead atoms. The van der Waals surface area contributed by atoms with E-state index < -0.39 is 20.6 Å². The topological polar surface area (TPSA) is 141 Å². The third-order valence-corrected chi connectivity index (χ3v) is 6.30. The highest BCUT2D eigenvalue weighted by Gasteiger charge is 2.22. The van der Waals surface area contributed by atoms with Crippen molar-refractivity contribution in [2.24, 2.45) is 5.10 Å². The van der Waals surface area contributed by atoms with E-state index in [-0.39, 0.29) is 16.3 Å². The largest absolute Gasteiger partial charge is 0.496 e. The lowest BCUT2D eigenvalue weighted by Gasteiger charge is -2.12. The van der Waals surface area contributed by atoms with Crippen molar-refractivity contribution in [2.45, 2.75) is 4.90 Å². The Kier molecular flexibility index (Phi) is 7.99. The van der Waals surface area contributed by atoms with Crippen LogP contribution in [0, 0.1) is 10.1 Å². The number of methoxy groups -OCH3 is 3. The molecule has 0 saturated carbocycles. The molecule has 184 valence electrons. The van der Waals surface area contributed by atoms with Crippen LogP contribution in [-0.4, -0.2) is 40.9 Å². The van der Waals surface area contributed by atoms with Gasteiger partial charge in [-0.2, -0.15) is 5.10 Å². The van der Waals surface area contributed by atoms with E-state index in [1.54, 1.807) is 24.3 Å². The fourth-order valence-electron chi connectivity index (χ4n) is 3.02. The lowest BCUT2D eigenvalue weighted by molar-refractivity contribution is -0.384. The summed E-state index contributed by atoms with van der Waals surface area (Å²) in [6.07, 6.45) is 1.35. The van der Waals surface area contributed by atoms with Crippen LogP contribution >= 0.6 is 11.6 Å². The number of hydrogen-bond acceptors (Lipinski definition) is 9. The average Bonchev–Trinajstić information content (AvgIpc) is 2.83. The predicted molar refractivity (Wildman–Crippen MR) is 133 cm³/mol. The highest BCUT2D eigenvalue weighted by molar-refractivity contribution is 7.92. The normalized spacial score (nSPS) is 11.2. The molecule has 13 heteroatoms. The van der Waals surface area contributed by atoms with Crippen LogP contribution in [0.15, 0.2) is 64.6 Å². The number of nitrogens with one attached hydrogen (secondary N) is 2. The number of nitrogens with zero attached hydrogens (tertiary/aromatic N) is 2. The highest BCUT2D eigenvalue weighted by atomic mass is 35.5. The summed E-state index contributed by atoms with van der Waals surface area (Å²) in [4.78, 5) is 10.6. The molecule has 0 fully saturated rings. The van der Waals surface area contributed by atoms with Gasteiger partial charge in [-0.05, 0) is 30.3 Å². The molecular weight excluding hydrogens is 500 g/mol. The molecule has 0 atom stereocenters. The van der Waals surface area contributed by atoms with Crippen molar-refractivity contribution in [3.8, 4) is 17.2 Å². The number of anilines is 2. The van der Waals surface area contributed by atoms with E-state index in [0.717, 1.165) is 6.07 Å². The van der Waals surface area contributed by atoms with Crippen molar-refractivity contribution in [2.75, 3.05) is 31.5 Å². The van der Waals surface area contributed by atoms with Crippen LogP contribution in [0.4, 0.5) is 17.1 Å². The molecule has 3 rings (SSSR count). The quantitative estimate of drug-likeness (QED) is 0.226. The first-order chi connectivity index (χ1) is 16.7. The van der Waals surface area contributed by atoms with Gasteiger partial charge in [0.25, 0.3) is 15.7 Å². The Balaban J connectivity index is 1.89. The van der Waals surface area contributed by atoms with Gasteiger partial charge in [0, 0.05) is 23.2 Å². The van der Waals surface area contributed by atoms with Gasteiger partial charge in [0.05, 0.1) is 48.6 Å². The van der Waals surface area contributed by atoms with Crippen molar-refractivity contribution in [1.82, 2.24) is 0 Å². The van der Waals surface area contributed by atoms with Gasteiger partial charge >= 0.3 is 0 Å². The van der Waals surface area contributed by atoms with Gasteiger partial charge in [-0.3, -0.25) is 20.3 Å². The van der Waals surface area contributed by atoms with Gasteiger partial charge in [0.2, 0.25) is 0 Å². The van der Waals surface area contributed by atoms with Gasteiger partial charge in [-0.15, -0.1) is 0 Å². The second kappa shape index (κ2) is 10.9. The number of ether oxygens (including phenoxy) is 3. The van der Waals surface area contributed by atoms with Crippen molar-refractivity contribution >= 4 is 44.9 Å². The summed E-state index contributed by atoms with van der Waals surface area (Å²) >= 11 is 5.89. The fourth-order valence-corrected chi connectivity index (χ4v) is 4.28. The van der Waals surface area contributed by atoms with E-state index >= 15 is 0 Å². The molecule has 0 aliphatic rings. The summed E-state index contributed by atoms with van der Waals surface area (Å²) in [5.74, 6) is 1.30. The Labute approximate surface area is 206 Å². The van der Waals surface area contributed by atoms with Gasteiger partial charge in [0.1, 0.15) is 22.9 Å². The summed E-state index contributed by atoms with van der Waals surface area (Å²) in [6, 6.07) is 12.7. The van der Waals surface area contributed by atoms with E-state index in [1.165, 1.54) is 51.8 Å². The number of sulfonamides is 1. The van der Waals surface area contributed by atoms with Crippen molar-refractivity contribution in [1.29, 1.82) is 0 Å². The predicted octanol–water partition coefficient (Wildman–Crippen LogP) is 4.52. The van der Waals surface area contributed by atoms with Crippen molar-refractivity contribution < 1.29 is 27.6 Å². The first-order valence-electron chi connectivity index (χ1n) is 9.84. The molecule has 0 amide bonds. The summed E-state index contributed by atoms with van der Waals surface area (Å²) in [5.41, 5.74) is 2.71. The van der Waals surface area contributed by atoms with Crippen LogP contribution < -0.4 is 24.4 Å². The molecule has 0 aliphatic carbocycles. The zero-order chi connectivity index (χ0) is 25.6. The lowest BCUT2D eigenvalue weighted by atomic mass is 10.2. The third-order valence-electron chi connectivity index (χ3n) is 4.68. The third kappa shape index (κ3) is 6.11. The molecule has 35 heavy (non-hydrogen) atoms. The Morgan fingerprint density at radius 3 is 2.26 bits per heavy atom. The minimum atomic E-state index is -4.12. The number of benzene rings is 3. The Morgan fingerprint density at radius 2 is 1.69 bits per heavy atom. The number of hydrazone groups is 1. The van der Waals surface area contributed by atoms with E-state index in [1.807, 2.05) is 0 Å². The molecule has 11 nitrogen and oxygen atoms in total. The highest BCUT2D eigenvalue weighted by Crippen LogP contribution is 2.33. The molecule has 3 aromatic rings. The minimum absolute atomic E-state index is 0.0283. The van der Waals surface area contributed by atoms with E-state index in [0.29, 0.717) is 27.8 Å². The zero-order valence-electron chi connectivity index (χ0n) is 18.8. The summed E-state index contributed by atoms with van der Waals surface area (Å²) in [6.45, 7) is 0. The number of hydrogen-bond donors (Lipinski definition) is 2. The van der Waals surface area contributed by atoms with Crippen LogP contribution in [0.1, 0.15) is 5.56 Å². The average molecular weight is 521 g/mol. The van der Waals surface area contributed by atoms with Gasteiger partial charge in [-0.25, -0.2) is 8.42 Å².